The van der Waals surface area contributed by atoms with E-state index in [4.69, 9.17) is 0 Å². The van der Waals surface area contributed by atoms with Crippen LogP contribution in [-0.4, -0.2) is 17.2 Å². The topological polar surface area (TPSA) is 40.5 Å². The Kier molecular flexibility index (Phi) is 6.31. The van der Waals surface area contributed by atoms with Crippen molar-refractivity contribution in [2.75, 3.05) is 0 Å². The monoisotopic (exact) mass is 442 g/mol. The number of benzene rings is 4. The minimum Gasteiger partial charge on any atom is -0.427 e. The van der Waals surface area contributed by atoms with E-state index in [1.54, 1.807) is 0 Å². The SMILES string of the molecule is C=c1cccc/c1=C(\c1ccc(-c2cccc3c2C=CCC3)cc1)c1ccccc1CB(O)O. The third kappa shape index (κ3) is 4.41. The van der Waals surface area contributed by atoms with E-state index in [0.29, 0.717) is 0 Å². The van der Waals surface area contributed by atoms with Crippen molar-refractivity contribution in [2.24, 2.45) is 0 Å². The highest BCUT2D eigenvalue weighted by molar-refractivity contribution is 6.40. The Labute approximate surface area is 201 Å². The fourth-order valence-electron chi connectivity index (χ4n) is 4.90. The third-order valence-electron chi connectivity index (χ3n) is 6.52. The highest BCUT2D eigenvalue weighted by atomic mass is 16.4. The van der Waals surface area contributed by atoms with Gasteiger partial charge in [-0.3, -0.25) is 0 Å². The van der Waals surface area contributed by atoms with Gasteiger partial charge in [-0.2, -0.15) is 0 Å². The highest BCUT2D eigenvalue weighted by Gasteiger charge is 2.17. The first-order chi connectivity index (χ1) is 16.6. The molecule has 5 rings (SSSR count). The number of aryl methyl sites for hydroxylation is 1. The molecule has 4 aromatic carbocycles. The summed E-state index contributed by atoms with van der Waals surface area (Å²) in [7, 11) is -1.41. The van der Waals surface area contributed by atoms with E-state index in [9.17, 15) is 10.0 Å². The molecule has 2 N–H and O–H groups in total. The summed E-state index contributed by atoms with van der Waals surface area (Å²) in [5.74, 6) is 0. The minimum absolute atomic E-state index is 0.166. The summed E-state index contributed by atoms with van der Waals surface area (Å²) in [6.45, 7) is 4.27. The van der Waals surface area contributed by atoms with Gasteiger partial charge in [0.05, 0.1) is 0 Å². The second-order valence-electron chi connectivity index (χ2n) is 8.77. The molecule has 0 saturated carbocycles. The van der Waals surface area contributed by atoms with Gasteiger partial charge in [-0.1, -0.05) is 110 Å². The van der Waals surface area contributed by atoms with Crippen molar-refractivity contribution in [3.8, 4) is 11.1 Å². The van der Waals surface area contributed by atoms with Crippen LogP contribution in [0.1, 0.15) is 34.2 Å². The molecule has 0 bridgehead atoms. The van der Waals surface area contributed by atoms with Gasteiger partial charge in [-0.25, -0.2) is 0 Å². The predicted molar refractivity (Wildman–Crippen MR) is 142 cm³/mol. The number of hydrogen-bond acceptors (Lipinski definition) is 2. The largest absolute Gasteiger partial charge is 0.456 e. The Morgan fingerprint density at radius 3 is 2.38 bits per heavy atom. The van der Waals surface area contributed by atoms with Crippen molar-refractivity contribution < 1.29 is 10.0 Å². The average Bonchev–Trinajstić information content (AvgIpc) is 2.86. The Balaban J connectivity index is 1.68. The molecule has 0 heterocycles. The van der Waals surface area contributed by atoms with Crippen LogP contribution in [-0.2, 0) is 12.7 Å². The van der Waals surface area contributed by atoms with Gasteiger partial charge < -0.3 is 10.0 Å². The van der Waals surface area contributed by atoms with E-state index in [0.717, 1.165) is 45.5 Å². The smallest absolute Gasteiger partial charge is 0.427 e. The molecule has 0 radical (unpaired) electrons. The molecule has 166 valence electrons. The van der Waals surface area contributed by atoms with Crippen LogP contribution in [0.2, 0.25) is 0 Å². The molecule has 4 aromatic rings. The molecule has 34 heavy (non-hydrogen) atoms. The van der Waals surface area contributed by atoms with Crippen LogP contribution in [0.4, 0.5) is 0 Å². The lowest BCUT2D eigenvalue weighted by Gasteiger charge is -2.17. The summed E-state index contributed by atoms with van der Waals surface area (Å²) in [5.41, 5.74) is 9.15. The molecule has 0 aliphatic heterocycles. The normalized spacial score (nSPS) is 13.4. The van der Waals surface area contributed by atoms with Gasteiger partial charge in [0.2, 0.25) is 0 Å². The van der Waals surface area contributed by atoms with E-state index in [1.807, 2.05) is 42.5 Å². The van der Waals surface area contributed by atoms with Crippen molar-refractivity contribution >= 4 is 25.3 Å². The first kappa shape index (κ1) is 22.2. The van der Waals surface area contributed by atoms with E-state index >= 15 is 0 Å². The van der Waals surface area contributed by atoms with Gasteiger partial charge in [-0.05, 0) is 67.8 Å². The van der Waals surface area contributed by atoms with Gasteiger partial charge in [0.1, 0.15) is 0 Å². The fourth-order valence-corrected chi connectivity index (χ4v) is 4.90. The molecule has 0 aromatic heterocycles. The summed E-state index contributed by atoms with van der Waals surface area (Å²) in [4.78, 5) is 0. The number of fused-ring (bicyclic) bond motifs is 1. The summed E-state index contributed by atoms with van der Waals surface area (Å²) in [5, 5.41) is 21.4. The Hall–Kier alpha value is -3.66. The molecule has 1 aliphatic carbocycles. The fraction of sp³-hybridized carbons (Fsp3) is 0.0968. The Morgan fingerprint density at radius 1 is 0.824 bits per heavy atom. The van der Waals surface area contributed by atoms with Crippen molar-refractivity contribution in [1.29, 1.82) is 0 Å². The van der Waals surface area contributed by atoms with Crippen molar-refractivity contribution in [1.82, 2.24) is 0 Å². The van der Waals surface area contributed by atoms with Gasteiger partial charge in [0.15, 0.2) is 0 Å². The first-order valence-electron chi connectivity index (χ1n) is 11.7. The molecular formula is C31H27BO2. The standard InChI is InChI=1S/C31H27BO2/c1-22-9-2-5-13-27(22)31(30-15-7-4-11-26(30)21-32(33)34)25-19-17-24(18-20-25)29-16-8-12-23-10-3-6-14-28(23)29/h2,4-9,11-20,33-34H,1,3,10,21H2/b31-27-. The zero-order chi connectivity index (χ0) is 23.5. The quantitative estimate of drug-likeness (QED) is 0.446. The molecular weight excluding hydrogens is 415 g/mol. The van der Waals surface area contributed by atoms with Crippen LogP contribution in [0, 0.1) is 0 Å². The number of hydrogen-bond donors (Lipinski definition) is 2. The lowest BCUT2D eigenvalue weighted by atomic mass is 9.78. The maximum Gasteiger partial charge on any atom is 0.456 e. The Bertz CT molecular complexity index is 1470. The van der Waals surface area contributed by atoms with Gasteiger partial charge in [0, 0.05) is 6.32 Å². The lowest BCUT2D eigenvalue weighted by Crippen LogP contribution is -2.26. The van der Waals surface area contributed by atoms with Crippen LogP contribution in [0.15, 0.2) is 97.1 Å². The highest BCUT2D eigenvalue weighted by Crippen LogP contribution is 2.32. The van der Waals surface area contributed by atoms with Crippen LogP contribution >= 0.6 is 0 Å². The summed E-state index contributed by atoms with van der Waals surface area (Å²) in [6, 6.07) is 31.3. The Morgan fingerprint density at radius 2 is 1.59 bits per heavy atom. The van der Waals surface area contributed by atoms with Crippen LogP contribution in [0.3, 0.4) is 0 Å². The predicted octanol–water partition coefficient (Wildman–Crippen LogP) is 4.53. The maximum absolute atomic E-state index is 9.70. The summed E-state index contributed by atoms with van der Waals surface area (Å²) < 4.78 is 0. The van der Waals surface area contributed by atoms with E-state index < -0.39 is 7.12 Å². The molecule has 2 nitrogen and oxygen atoms in total. The molecule has 0 saturated heterocycles. The summed E-state index contributed by atoms with van der Waals surface area (Å²) >= 11 is 0. The van der Waals surface area contributed by atoms with Crippen molar-refractivity contribution in [3.05, 3.63) is 135 Å². The number of rotatable bonds is 5. The molecule has 1 aliphatic rings. The van der Waals surface area contributed by atoms with Gasteiger partial charge in [0.25, 0.3) is 0 Å². The lowest BCUT2D eigenvalue weighted by molar-refractivity contribution is 0.405. The van der Waals surface area contributed by atoms with E-state index in [1.165, 1.54) is 22.3 Å². The molecule has 0 unspecified atom stereocenters. The molecule has 0 spiro atoms. The van der Waals surface area contributed by atoms with Crippen LogP contribution in [0.5, 0.6) is 0 Å². The van der Waals surface area contributed by atoms with Crippen LogP contribution < -0.4 is 10.4 Å². The van der Waals surface area contributed by atoms with Crippen molar-refractivity contribution in [3.63, 3.8) is 0 Å². The van der Waals surface area contributed by atoms with Crippen LogP contribution in [0.25, 0.3) is 29.4 Å². The van der Waals surface area contributed by atoms with Gasteiger partial charge in [-0.15, -0.1) is 0 Å². The van der Waals surface area contributed by atoms with Crippen molar-refractivity contribution in [2.45, 2.75) is 19.2 Å². The molecule has 3 heteroatoms. The maximum atomic E-state index is 9.70. The summed E-state index contributed by atoms with van der Waals surface area (Å²) in [6.07, 6.45) is 6.85. The molecule has 0 atom stereocenters. The first-order valence-corrected chi connectivity index (χ1v) is 11.7. The van der Waals surface area contributed by atoms with Gasteiger partial charge >= 0.3 is 7.12 Å². The average molecular weight is 442 g/mol. The molecule has 0 fully saturated rings. The third-order valence-corrected chi connectivity index (χ3v) is 6.52. The molecule has 0 amide bonds. The van der Waals surface area contributed by atoms with E-state index in [2.05, 4.69) is 67.3 Å². The zero-order valence-corrected chi connectivity index (χ0v) is 19.1. The second-order valence-corrected chi connectivity index (χ2v) is 8.77. The zero-order valence-electron chi connectivity index (χ0n) is 19.1. The minimum atomic E-state index is -1.41. The number of allylic oxidation sites excluding steroid dienone is 1. The second kappa shape index (κ2) is 9.68. The van der Waals surface area contributed by atoms with E-state index in [-0.39, 0.29) is 6.32 Å².